The number of aromatic nitrogens is 1. The van der Waals surface area contributed by atoms with Crippen LogP contribution in [0.4, 0.5) is 13.2 Å². The minimum Gasteiger partial charge on any atom is -0.352 e. The first-order chi connectivity index (χ1) is 13.3. The Balaban J connectivity index is 1.61. The zero-order valence-corrected chi connectivity index (χ0v) is 15.4. The standard InChI is InChI=1S/C21H16ClF3N2O/c22-19-13-16(10-12-26-19)15-7-5-14(6-8-15)9-11-27-20(28)17-3-1-2-4-18(17)21(23,24)25/h1-8,10,12-13H,9,11H2,(H,27,28). The molecule has 0 unspecified atom stereocenters. The summed E-state index contributed by atoms with van der Waals surface area (Å²) < 4.78 is 39.0. The van der Waals surface area contributed by atoms with Crippen molar-refractivity contribution in [3.8, 4) is 11.1 Å². The number of alkyl halides is 3. The molecule has 1 heterocycles. The van der Waals surface area contributed by atoms with Crippen molar-refractivity contribution in [1.29, 1.82) is 0 Å². The predicted octanol–water partition coefficient (Wildman–Crippen LogP) is 5.39. The zero-order chi connectivity index (χ0) is 20.1. The largest absolute Gasteiger partial charge is 0.417 e. The number of hydrogen-bond acceptors (Lipinski definition) is 2. The molecule has 3 nitrogen and oxygen atoms in total. The van der Waals surface area contributed by atoms with Crippen molar-refractivity contribution in [3.05, 3.63) is 88.7 Å². The molecular formula is C21H16ClF3N2O. The van der Waals surface area contributed by atoms with E-state index in [2.05, 4.69) is 10.3 Å². The number of nitrogens with zero attached hydrogens (tertiary/aromatic N) is 1. The van der Waals surface area contributed by atoms with Gasteiger partial charge in [-0.05, 0) is 47.4 Å². The molecular weight excluding hydrogens is 389 g/mol. The lowest BCUT2D eigenvalue weighted by Crippen LogP contribution is -2.28. The maximum atomic E-state index is 13.0. The minimum atomic E-state index is -4.57. The first kappa shape index (κ1) is 19.9. The third kappa shape index (κ3) is 4.89. The third-order valence-corrected chi connectivity index (χ3v) is 4.40. The van der Waals surface area contributed by atoms with Gasteiger partial charge in [0.2, 0.25) is 0 Å². The monoisotopic (exact) mass is 404 g/mol. The maximum absolute atomic E-state index is 13.0. The average molecular weight is 405 g/mol. The molecule has 0 radical (unpaired) electrons. The topological polar surface area (TPSA) is 42.0 Å². The van der Waals surface area contributed by atoms with E-state index in [1.54, 1.807) is 12.3 Å². The molecule has 0 aliphatic heterocycles. The summed E-state index contributed by atoms with van der Waals surface area (Å²) in [6.07, 6.45) is -2.45. The molecule has 7 heteroatoms. The normalized spacial score (nSPS) is 11.3. The van der Waals surface area contributed by atoms with Crippen LogP contribution in [0.2, 0.25) is 5.15 Å². The predicted molar refractivity (Wildman–Crippen MR) is 102 cm³/mol. The van der Waals surface area contributed by atoms with Crippen LogP contribution in [0.15, 0.2) is 66.9 Å². The quantitative estimate of drug-likeness (QED) is 0.579. The lowest BCUT2D eigenvalue weighted by molar-refractivity contribution is -0.137. The fourth-order valence-electron chi connectivity index (χ4n) is 2.79. The van der Waals surface area contributed by atoms with Gasteiger partial charge in [-0.2, -0.15) is 13.2 Å². The Bertz CT molecular complexity index is 972. The number of rotatable bonds is 5. The Hall–Kier alpha value is -2.86. The molecule has 2 aromatic carbocycles. The summed E-state index contributed by atoms with van der Waals surface area (Å²) in [7, 11) is 0. The summed E-state index contributed by atoms with van der Waals surface area (Å²) in [5.41, 5.74) is 1.54. The van der Waals surface area contributed by atoms with Gasteiger partial charge in [-0.15, -0.1) is 0 Å². The van der Waals surface area contributed by atoms with Gasteiger partial charge in [0.1, 0.15) is 5.15 Å². The highest BCUT2D eigenvalue weighted by molar-refractivity contribution is 6.29. The van der Waals surface area contributed by atoms with E-state index in [1.807, 2.05) is 30.3 Å². The van der Waals surface area contributed by atoms with E-state index in [4.69, 9.17) is 11.6 Å². The fourth-order valence-corrected chi connectivity index (χ4v) is 2.96. The fraction of sp³-hybridized carbons (Fsp3) is 0.143. The average Bonchev–Trinajstić information content (AvgIpc) is 2.68. The molecule has 0 aliphatic rings. The Kier molecular flexibility index (Phi) is 5.99. The molecule has 0 saturated heterocycles. The highest BCUT2D eigenvalue weighted by Crippen LogP contribution is 2.31. The van der Waals surface area contributed by atoms with E-state index < -0.39 is 17.6 Å². The van der Waals surface area contributed by atoms with Gasteiger partial charge in [-0.1, -0.05) is 48.0 Å². The maximum Gasteiger partial charge on any atom is 0.417 e. The lowest BCUT2D eigenvalue weighted by atomic mass is 10.0. The number of carbonyl (C=O) groups is 1. The number of pyridine rings is 1. The van der Waals surface area contributed by atoms with Crippen LogP contribution in [0.1, 0.15) is 21.5 Å². The molecule has 0 saturated carbocycles. The van der Waals surface area contributed by atoms with Gasteiger partial charge in [0.15, 0.2) is 0 Å². The first-order valence-corrected chi connectivity index (χ1v) is 8.88. The van der Waals surface area contributed by atoms with Crippen molar-refractivity contribution in [2.75, 3.05) is 6.54 Å². The summed E-state index contributed by atoms with van der Waals surface area (Å²) in [4.78, 5) is 16.1. The van der Waals surface area contributed by atoms with Gasteiger partial charge >= 0.3 is 6.18 Å². The molecule has 28 heavy (non-hydrogen) atoms. The van der Waals surface area contributed by atoms with Crippen molar-refractivity contribution in [2.24, 2.45) is 0 Å². The van der Waals surface area contributed by atoms with Gasteiger partial charge < -0.3 is 5.32 Å². The highest BCUT2D eigenvalue weighted by Gasteiger charge is 2.34. The highest BCUT2D eigenvalue weighted by atomic mass is 35.5. The summed E-state index contributed by atoms with van der Waals surface area (Å²) in [6, 6.07) is 16.0. The van der Waals surface area contributed by atoms with Crippen molar-refractivity contribution >= 4 is 17.5 Å². The number of hydrogen-bond donors (Lipinski definition) is 1. The molecule has 3 aromatic rings. The van der Waals surface area contributed by atoms with Gasteiger partial charge in [-0.25, -0.2) is 4.98 Å². The van der Waals surface area contributed by atoms with Crippen LogP contribution in [0.3, 0.4) is 0 Å². The molecule has 0 fully saturated rings. The molecule has 144 valence electrons. The van der Waals surface area contributed by atoms with Crippen molar-refractivity contribution in [3.63, 3.8) is 0 Å². The molecule has 0 atom stereocenters. The van der Waals surface area contributed by atoms with Crippen LogP contribution in [0, 0.1) is 0 Å². The van der Waals surface area contributed by atoms with Crippen LogP contribution >= 0.6 is 11.6 Å². The lowest BCUT2D eigenvalue weighted by Gasteiger charge is -2.12. The number of halogens is 4. The summed E-state index contributed by atoms with van der Waals surface area (Å²) >= 11 is 5.89. The summed E-state index contributed by atoms with van der Waals surface area (Å²) in [5, 5.41) is 2.95. The zero-order valence-electron chi connectivity index (χ0n) is 14.6. The summed E-state index contributed by atoms with van der Waals surface area (Å²) in [5.74, 6) is -0.740. The molecule has 0 bridgehead atoms. The molecule has 1 amide bonds. The number of nitrogens with one attached hydrogen (secondary N) is 1. The van der Waals surface area contributed by atoms with E-state index in [0.29, 0.717) is 11.6 Å². The van der Waals surface area contributed by atoms with E-state index in [1.165, 1.54) is 18.2 Å². The van der Waals surface area contributed by atoms with E-state index in [-0.39, 0.29) is 12.1 Å². The van der Waals surface area contributed by atoms with Crippen LogP contribution in [0.5, 0.6) is 0 Å². The Labute approximate surface area is 165 Å². The van der Waals surface area contributed by atoms with Crippen molar-refractivity contribution < 1.29 is 18.0 Å². The second-order valence-corrected chi connectivity index (χ2v) is 6.50. The van der Waals surface area contributed by atoms with Crippen LogP contribution in [-0.4, -0.2) is 17.4 Å². The van der Waals surface area contributed by atoms with Crippen LogP contribution in [-0.2, 0) is 12.6 Å². The van der Waals surface area contributed by atoms with Gasteiger partial charge in [0.05, 0.1) is 11.1 Å². The van der Waals surface area contributed by atoms with E-state index >= 15 is 0 Å². The Morgan fingerprint density at radius 1 is 1.00 bits per heavy atom. The molecule has 0 aliphatic carbocycles. The number of carbonyl (C=O) groups excluding carboxylic acids is 1. The van der Waals surface area contributed by atoms with E-state index in [9.17, 15) is 18.0 Å². The SMILES string of the molecule is O=C(NCCc1ccc(-c2ccnc(Cl)c2)cc1)c1ccccc1C(F)(F)F. The number of benzene rings is 2. The minimum absolute atomic E-state index is 0.228. The van der Waals surface area contributed by atoms with Gasteiger partial charge in [0.25, 0.3) is 5.91 Å². The van der Waals surface area contributed by atoms with Crippen molar-refractivity contribution in [1.82, 2.24) is 10.3 Å². The molecule has 0 spiro atoms. The van der Waals surface area contributed by atoms with Crippen LogP contribution in [0.25, 0.3) is 11.1 Å². The molecule has 3 rings (SSSR count). The smallest absolute Gasteiger partial charge is 0.352 e. The second-order valence-electron chi connectivity index (χ2n) is 6.11. The van der Waals surface area contributed by atoms with Crippen molar-refractivity contribution in [2.45, 2.75) is 12.6 Å². The Morgan fingerprint density at radius 3 is 2.39 bits per heavy atom. The second kappa shape index (κ2) is 8.44. The van der Waals surface area contributed by atoms with Gasteiger partial charge in [0, 0.05) is 12.7 Å². The van der Waals surface area contributed by atoms with E-state index in [0.717, 1.165) is 22.8 Å². The van der Waals surface area contributed by atoms with Gasteiger partial charge in [-0.3, -0.25) is 4.79 Å². The third-order valence-electron chi connectivity index (χ3n) is 4.19. The first-order valence-electron chi connectivity index (χ1n) is 8.50. The molecule has 1 N–H and O–H groups in total. The Morgan fingerprint density at radius 2 is 1.71 bits per heavy atom. The van der Waals surface area contributed by atoms with Crippen LogP contribution < -0.4 is 5.32 Å². The molecule has 1 aromatic heterocycles. The summed E-state index contributed by atoms with van der Waals surface area (Å²) in [6.45, 7) is 0.228. The number of amides is 1.